The van der Waals surface area contributed by atoms with Crippen LogP contribution in [0.4, 0.5) is 0 Å². The van der Waals surface area contributed by atoms with Gasteiger partial charge in [0.15, 0.2) is 5.17 Å². The van der Waals surface area contributed by atoms with Gasteiger partial charge in [-0.25, -0.2) is 4.99 Å². The molecule has 4 rings (SSSR count). The highest BCUT2D eigenvalue weighted by atomic mass is 35.5. The van der Waals surface area contributed by atoms with Gasteiger partial charge < -0.3 is 13.9 Å². The van der Waals surface area contributed by atoms with E-state index in [1.165, 1.54) is 26.0 Å². The first-order chi connectivity index (χ1) is 13.2. The summed E-state index contributed by atoms with van der Waals surface area (Å²) in [7, 11) is -0.611. The summed E-state index contributed by atoms with van der Waals surface area (Å²) in [6.45, 7) is 0. The molecule has 1 atom stereocenters. The molecule has 0 N–H and O–H groups in total. The monoisotopic (exact) mass is 434 g/mol. The summed E-state index contributed by atoms with van der Waals surface area (Å²) in [5, 5.41) is 2.57. The number of amidine groups is 1. The van der Waals surface area contributed by atoms with E-state index in [9.17, 15) is 4.57 Å². The Morgan fingerprint density at radius 2 is 1.61 bits per heavy atom. The molecule has 2 aliphatic rings. The topological polar surface area (TPSA) is 51.1 Å². The molecule has 2 aromatic carbocycles. The van der Waals surface area contributed by atoms with E-state index in [0.717, 1.165) is 22.0 Å². The molecule has 2 heterocycles. The molecule has 5 nitrogen and oxygen atoms in total. The number of aliphatic imine (C=N–C) groups is 1. The van der Waals surface area contributed by atoms with Gasteiger partial charge in [0, 0.05) is 19.6 Å². The van der Waals surface area contributed by atoms with E-state index in [1.54, 1.807) is 0 Å². The fourth-order valence-corrected chi connectivity index (χ4v) is 5.70. The summed E-state index contributed by atoms with van der Waals surface area (Å²) in [4.78, 5) is 6.75. The third kappa shape index (κ3) is 3.71. The molecule has 8 heteroatoms. The second-order valence-electron chi connectivity index (χ2n) is 5.99. The third-order valence-electron chi connectivity index (χ3n) is 4.50. The van der Waals surface area contributed by atoms with E-state index in [4.69, 9.17) is 14.0 Å². The van der Waals surface area contributed by atoms with E-state index in [1.807, 2.05) is 58.8 Å². The van der Waals surface area contributed by atoms with Gasteiger partial charge >= 0.3 is 7.60 Å². The standard InChI is InChI=1S/C20H19N2O3PS.ClH/c1-24-26(23,25-2)19-14-27-20-21-17(15-9-5-3-6-10-15)13-18(22(19)20)16-11-7-4-8-12-16;/h3-14,18H,1-2H3;1H. The predicted molar refractivity (Wildman–Crippen MR) is 117 cm³/mol. The number of rotatable bonds is 5. The first-order valence-electron chi connectivity index (χ1n) is 8.45. The molecular weight excluding hydrogens is 415 g/mol. The van der Waals surface area contributed by atoms with Crippen LogP contribution in [0.3, 0.4) is 0 Å². The highest BCUT2D eigenvalue weighted by Crippen LogP contribution is 2.61. The number of halogens is 1. The Bertz CT molecular complexity index is 971. The fraction of sp³-hybridized carbons (Fsp3) is 0.150. The van der Waals surface area contributed by atoms with Gasteiger partial charge in [-0.1, -0.05) is 72.4 Å². The molecule has 0 aromatic heterocycles. The summed E-state index contributed by atoms with van der Waals surface area (Å²) in [6.07, 6.45) is 2.09. The van der Waals surface area contributed by atoms with Gasteiger partial charge in [0.25, 0.3) is 0 Å². The SMILES string of the molecule is COP(=O)(OC)C1=CSC2=NC(c3ccccc3)=CC(c3ccccc3)N12.Cl. The second-order valence-corrected chi connectivity index (χ2v) is 9.01. The van der Waals surface area contributed by atoms with Crippen molar-refractivity contribution in [3.63, 3.8) is 0 Å². The van der Waals surface area contributed by atoms with Crippen LogP contribution < -0.4 is 0 Å². The van der Waals surface area contributed by atoms with Crippen molar-refractivity contribution in [1.82, 2.24) is 4.90 Å². The molecule has 1 unspecified atom stereocenters. The first-order valence-corrected chi connectivity index (χ1v) is 10.9. The zero-order valence-corrected chi connectivity index (χ0v) is 17.9. The van der Waals surface area contributed by atoms with Gasteiger partial charge in [-0.2, -0.15) is 0 Å². The molecular formula is C20H20ClN2O3PS. The molecule has 0 amide bonds. The summed E-state index contributed by atoms with van der Waals surface area (Å²) >= 11 is 1.43. The summed E-state index contributed by atoms with van der Waals surface area (Å²) in [6, 6.07) is 20.0. The molecule has 0 saturated heterocycles. The lowest BCUT2D eigenvalue weighted by atomic mass is 10.0. The van der Waals surface area contributed by atoms with Crippen LogP contribution in [0, 0.1) is 0 Å². The lowest BCUT2D eigenvalue weighted by molar-refractivity contribution is 0.272. The van der Waals surface area contributed by atoms with E-state index >= 15 is 0 Å². The Morgan fingerprint density at radius 3 is 2.21 bits per heavy atom. The number of benzene rings is 2. The third-order valence-corrected chi connectivity index (χ3v) is 7.39. The Morgan fingerprint density at radius 1 is 1.00 bits per heavy atom. The minimum Gasteiger partial charge on any atom is -0.308 e. The molecule has 0 fully saturated rings. The highest BCUT2D eigenvalue weighted by molar-refractivity contribution is 8.16. The lowest BCUT2D eigenvalue weighted by Crippen LogP contribution is -2.31. The van der Waals surface area contributed by atoms with Crippen LogP contribution in [0.1, 0.15) is 17.2 Å². The molecule has 2 aromatic rings. The molecule has 0 spiro atoms. The van der Waals surface area contributed by atoms with Crippen molar-refractivity contribution in [3.8, 4) is 0 Å². The van der Waals surface area contributed by atoms with Gasteiger partial charge in [0.1, 0.15) is 5.44 Å². The minimum atomic E-state index is -3.41. The maximum Gasteiger partial charge on any atom is 0.377 e. The molecule has 0 bridgehead atoms. The van der Waals surface area contributed by atoms with E-state index < -0.39 is 7.60 Å². The van der Waals surface area contributed by atoms with E-state index in [2.05, 4.69) is 18.2 Å². The van der Waals surface area contributed by atoms with Gasteiger partial charge in [0.2, 0.25) is 0 Å². The van der Waals surface area contributed by atoms with Crippen molar-refractivity contribution in [2.75, 3.05) is 14.2 Å². The van der Waals surface area contributed by atoms with Crippen molar-refractivity contribution < 1.29 is 13.6 Å². The number of thioether (sulfide) groups is 1. The number of fused-ring (bicyclic) bond motifs is 1. The lowest BCUT2D eigenvalue weighted by Gasteiger charge is -2.34. The summed E-state index contributed by atoms with van der Waals surface area (Å²) < 4.78 is 23.6. The Hall–Kier alpha value is -1.82. The smallest absolute Gasteiger partial charge is 0.308 e. The number of hydrogen-bond donors (Lipinski definition) is 0. The van der Waals surface area contributed by atoms with E-state index in [-0.39, 0.29) is 18.4 Å². The summed E-state index contributed by atoms with van der Waals surface area (Å²) in [5.74, 6) is 0. The average molecular weight is 435 g/mol. The quantitative estimate of drug-likeness (QED) is 0.549. The zero-order chi connectivity index (χ0) is 18.9. The van der Waals surface area contributed by atoms with E-state index in [0.29, 0.717) is 5.44 Å². The maximum absolute atomic E-state index is 13.1. The Kier molecular flexibility index (Phi) is 6.48. The van der Waals surface area contributed by atoms with Gasteiger partial charge in [0.05, 0.1) is 11.7 Å². The van der Waals surface area contributed by atoms with Crippen LogP contribution in [0.25, 0.3) is 5.70 Å². The van der Waals surface area contributed by atoms with Crippen molar-refractivity contribution in [3.05, 3.63) is 88.7 Å². The van der Waals surface area contributed by atoms with Crippen molar-refractivity contribution >= 4 is 42.6 Å². The predicted octanol–water partition coefficient (Wildman–Crippen LogP) is 5.89. The van der Waals surface area contributed by atoms with Crippen LogP contribution in [0.2, 0.25) is 0 Å². The number of hydrogen-bond acceptors (Lipinski definition) is 6. The van der Waals surface area contributed by atoms with Crippen LogP contribution in [-0.4, -0.2) is 24.3 Å². The molecule has 0 saturated carbocycles. The molecule has 146 valence electrons. The van der Waals surface area contributed by atoms with Crippen molar-refractivity contribution in [1.29, 1.82) is 0 Å². The second kappa shape index (κ2) is 8.68. The van der Waals surface area contributed by atoms with Gasteiger partial charge in [-0.3, -0.25) is 4.57 Å². The van der Waals surface area contributed by atoms with Crippen LogP contribution in [0.5, 0.6) is 0 Å². The highest BCUT2D eigenvalue weighted by Gasteiger charge is 2.43. The molecule has 2 aliphatic heterocycles. The molecule has 28 heavy (non-hydrogen) atoms. The largest absolute Gasteiger partial charge is 0.377 e. The average Bonchev–Trinajstić information content (AvgIpc) is 3.18. The number of nitrogens with zero attached hydrogens (tertiary/aromatic N) is 2. The maximum atomic E-state index is 13.1. The van der Waals surface area contributed by atoms with Crippen LogP contribution >= 0.6 is 31.8 Å². The van der Waals surface area contributed by atoms with Crippen LogP contribution in [0.15, 0.2) is 82.6 Å². The van der Waals surface area contributed by atoms with Gasteiger partial charge in [-0.05, 0) is 17.2 Å². The normalized spacial score (nSPS) is 18.6. The first kappa shape index (κ1) is 20.9. The Labute approximate surface area is 175 Å². The fourth-order valence-electron chi connectivity index (χ4n) is 3.15. The molecule has 0 aliphatic carbocycles. The van der Waals surface area contributed by atoms with Crippen LogP contribution in [-0.2, 0) is 13.6 Å². The van der Waals surface area contributed by atoms with Gasteiger partial charge in [-0.15, -0.1) is 12.4 Å². The van der Waals surface area contributed by atoms with Crippen molar-refractivity contribution in [2.45, 2.75) is 6.04 Å². The minimum absolute atomic E-state index is 0. The zero-order valence-electron chi connectivity index (χ0n) is 15.4. The Balaban J connectivity index is 0.00000225. The summed E-state index contributed by atoms with van der Waals surface area (Å²) in [5.41, 5.74) is 3.52. The molecule has 0 radical (unpaired) electrons. The van der Waals surface area contributed by atoms with Crippen molar-refractivity contribution in [2.24, 2.45) is 4.99 Å².